The van der Waals surface area contributed by atoms with Crippen LogP contribution in [0.4, 0.5) is 0 Å². The maximum atomic E-state index is 12.8. The topological polar surface area (TPSA) is 102 Å². The molecule has 2 saturated heterocycles. The van der Waals surface area contributed by atoms with Crippen LogP contribution in [0, 0.1) is 0 Å². The molecule has 0 bridgehead atoms. The van der Waals surface area contributed by atoms with Gasteiger partial charge in [0.2, 0.25) is 11.8 Å². The Bertz CT molecular complexity index is 805. The van der Waals surface area contributed by atoms with Crippen LogP contribution in [0.1, 0.15) is 34.3 Å². The van der Waals surface area contributed by atoms with Gasteiger partial charge >= 0.3 is 0 Å². The zero-order chi connectivity index (χ0) is 19.2. The van der Waals surface area contributed by atoms with E-state index in [2.05, 4.69) is 15.5 Å². The maximum absolute atomic E-state index is 12.8. The highest BCUT2D eigenvalue weighted by atomic mass is 16.3. The predicted octanol–water partition coefficient (Wildman–Crippen LogP) is -0.786. The van der Waals surface area contributed by atoms with E-state index in [1.54, 1.807) is 11.0 Å². The summed E-state index contributed by atoms with van der Waals surface area (Å²) in [7, 11) is 1.95. The molecule has 144 valence electrons. The third kappa shape index (κ3) is 3.36. The SMILES string of the molecule is CN(Cc1cccc2c1CN(C1CCC(=O)NC1=O)C2=O)CC1(O)CNC1. The van der Waals surface area contributed by atoms with E-state index in [1.165, 1.54) is 0 Å². The standard InChI is InChI=1S/C19H24N4O4/c1-22(11-19(27)9-20-10-19)7-12-3-2-4-13-14(12)8-23(18(13)26)15-5-6-16(24)21-17(15)25/h2-4,15,20,27H,5-11H2,1H3,(H,21,24,25). The van der Waals surface area contributed by atoms with Crippen molar-refractivity contribution in [3.8, 4) is 0 Å². The molecule has 1 aromatic rings. The van der Waals surface area contributed by atoms with Gasteiger partial charge < -0.3 is 15.3 Å². The van der Waals surface area contributed by atoms with Crippen LogP contribution in [0.25, 0.3) is 0 Å². The van der Waals surface area contributed by atoms with E-state index < -0.39 is 17.6 Å². The van der Waals surface area contributed by atoms with Crippen molar-refractivity contribution in [3.05, 3.63) is 34.9 Å². The molecule has 8 nitrogen and oxygen atoms in total. The van der Waals surface area contributed by atoms with E-state index in [4.69, 9.17) is 0 Å². The number of likely N-dealkylation sites (N-methyl/N-ethyl adjacent to an activating group) is 1. The normalized spacial score (nSPS) is 24.0. The van der Waals surface area contributed by atoms with Crippen molar-refractivity contribution < 1.29 is 19.5 Å². The van der Waals surface area contributed by atoms with Crippen LogP contribution in [0.2, 0.25) is 0 Å². The number of rotatable bonds is 5. The fourth-order valence-electron chi connectivity index (χ4n) is 4.17. The summed E-state index contributed by atoms with van der Waals surface area (Å²) in [6.45, 7) is 2.71. The number of fused-ring (bicyclic) bond motifs is 1. The van der Waals surface area contributed by atoms with Crippen molar-refractivity contribution in [1.82, 2.24) is 20.4 Å². The summed E-state index contributed by atoms with van der Waals surface area (Å²) < 4.78 is 0. The molecule has 1 atom stereocenters. The number of hydrogen-bond donors (Lipinski definition) is 3. The van der Waals surface area contributed by atoms with Crippen LogP contribution in [-0.4, -0.2) is 71.0 Å². The summed E-state index contributed by atoms with van der Waals surface area (Å²) in [5.41, 5.74) is 1.88. The summed E-state index contributed by atoms with van der Waals surface area (Å²) in [4.78, 5) is 40.0. The first-order valence-corrected chi connectivity index (χ1v) is 9.23. The highest BCUT2D eigenvalue weighted by molar-refractivity contribution is 6.05. The van der Waals surface area contributed by atoms with E-state index in [1.807, 2.05) is 19.2 Å². The minimum absolute atomic E-state index is 0.161. The summed E-state index contributed by atoms with van der Waals surface area (Å²) >= 11 is 0. The number of amides is 3. The van der Waals surface area contributed by atoms with Gasteiger partial charge in [-0.05, 0) is 30.7 Å². The molecule has 3 aliphatic rings. The van der Waals surface area contributed by atoms with Crippen LogP contribution >= 0.6 is 0 Å². The lowest BCUT2D eigenvalue weighted by Crippen LogP contribution is -2.64. The van der Waals surface area contributed by atoms with Gasteiger partial charge in [-0.25, -0.2) is 0 Å². The Morgan fingerprint density at radius 3 is 2.74 bits per heavy atom. The second-order valence-electron chi connectivity index (χ2n) is 7.84. The maximum Gasteiger partial charge on any atom is 0.255 e. The Morgan fingerprint density at radius 1 is 1.30 bits per heavy atom. The molecule has 8 heteroatoms. The summed E-state index contributed by atoms with van der Waals surface area (Å²) in [6, 6.07) is 5.03. The van der Waals surface area contributed by atoms with Gasteiger partial charge in [-0.2, -0.15) is 0 Å². The van der Waals surface area contributed by atoms with Crippen LogP contribution in [0.5, 0.6) is 0 Å². The molecule has 3 heterocycles. The lowest BCUT2D eigenvalue weighted by Gasteiger charge is -2.40. The van der Waals surface area contributed by atoms with Gasteiger partial charge in [0.15, 0.2) is 0 Å². The van der Waals surface area contributed by atoms with Crippen molar-refractivity contribution >= 4 is 17.7 Å². The zero-order valence-corrected chi connectivity index (χ0v) is 15.3. The molecule has 3 aliphatic heterocycles. The molecule has 0 spiro atoms. The van der Waals surface area contributed by atoms with Gasteiger partial charge in [-0.15, -0.1) is 0 Å². The number of nitrogens with one attached hydrogen (secondary N) is 2. The monoisotopic (exact) mass is 372 g/mol. The quantitative estimate of drug-likeness (QED) is 0.586. The Hall–Kier alpha value is -2.29. The molecule has 0 aliphatic carbocycles. The first-order chi connectivity index (χ1) is 12.9. The molecule has 3 N–H and O–H groups in total. The molecule has 1 aromatic carbocycles. The van der Waals surface area contributed by atoms with E-state index in [0.717, 1.165) is 11.1 Å². The van der Waals surface area contributed by atoms with Gasteiger partial charge in [0.25, 0.3) is 5.91 Å². The number of imide groups is 1. The second-order valence-corrected chi connectivity index (χ2v) is 7.84. The molecule has 0 saturated carbocycles. The molecule has 3 amide bonds. The lowest BCUT2D eigenvalue weighted by molar-refractivity contribution is -0.136. The number of hydrogen-bond acceptors (Lipinski definition) is 6. The molecule has 1 unspecified atom stereocenters. The molecule has 4 rings (SSSR count). The average molecular weight is 372 g/mol. The van der Waals surface area contributed by atoms with E-state index in [0.29, 0.717) is 44.7 Å². The van der Waals surface area contributed by atoms with Crippen molar-refractivity contribution in [2.75, 3.05) is 26.7 Å². The van der Waals surface area contributed by atoms with Crippen molar-refractivity contribution in [3.63, 3.8) is 0 Å². The van der Waals surface area contributed by atoms with Gasteiger partial charge in [0, 0.05) is 44.7 Å². The largest absolute Gasteiger partial charge is 0.386 e. The van der Waals surface area contributed by atoms with E-state index in [9.17, 15) is 19.5 Å². The molecule has 0 aromatic heterocycles. The minimum atomic E-state index is -0.693. The summed E-state index contributed by atoms with van der Waals surface area (Å²) in [6.07, 6.45) is 0.610. The number of nitrogens with zero attached hydrogens (tertiary/aromatic N) is 2. The van der Waals surface area contributed by atoms with E-state index >= 15 is 0 Å². The van der Waals surface area contributed by atoms with Gasteiger partial charge in [0.05, 0.1) is 0 Å². The van der Waals surface area contributed by atoms with Crippen molar-refractivity contribution in [2.45, 2.75) is 37.6 Å². The Labute approximate surface area is 157 Å². The molecule has 2 fully saturated rings. The molecule has 27 heavy (non-hydrogen) atoms. The fourth-order valence-corrected chi connectivity index (χ4v) is 4.17. The zero-order valence-electron chi connectivity index (χ0n) is 15.3. The van der Waals surface area contributed by atoms with Crippen molar-refractivity contribution in [2.24, 2.45) is 0 Å². The van der Waals surface area contributed by atoms with Crippen LogP contribution in [0.15, 0.2) is 18.2 Å². The number of piperidine rings is 1. The molecular formula is C19H24N4O4. The van der Waals surface area contributed by atoms with E-state index in [-0.39, 0.29) is 18.2 Å². The number of carbonyl (C=O) groups excluding carboxylic acids is 3. The highest BCUT2D eigenvalue weighted by Gasteiger charge is 2.40. The third-order valence-corrected chi connectivity index (χ3v) is 5.59. The fraction of sp³-hybridized carbons (Fsp3) is 0.526. The highest BCUT2D eigenvalue weighted by Crippen LogP contribution is 2.30. The molecule has 0 radical (unpaired) electrons. The lowest BCUT2D eigenvalue weighted by atomic mass is 9.96. The first-order valence-electron chi connectivity index (χ1n) is 9.23. The summed E-state index contributed by atoms with van der Waals surface area (Å²) in [5, 5.41) is 15.7. The summed E-state index contributed by atoms with van der Waals surface area (Å²) in [5.74, 6) is -0.845. The number of carbonyl (C=O) groups is 3. The second kappa shape index (κ2) is 6.70. The smallest absolute Gasteiger partial charge is 0.255 e. The Morgan fingerprint density at radius 2 is 2.07 bits per heavy atom. The van der Waals surface area contributed by atoms with Gasteiger partial charge in [-0.1, -0.05) is 12.1 Å². The van der Waals surface area contributed by atoms with Crippen LogP contribution < -0.4 is 10.6 Å². The number of aliphatic hydroxyl groups is 1. The predicted molar refractivity (Wildman–Crippen MR) is 96.6 cm³/mol. The van der Waals surface area contributed by atoms with Gasteiger partial charge in [-0.3, -0.25) is 24.6 Å². The number of β-amino-alcohol motifs (C(OH)–C–C–N with tert-alkyl or cyclic N) is 1. The average Bonchev–Trinajstić information content (AvgIpc) is 2.91. The van der Waals surface area contributed by atoms with Crippen molar-refractivity contribution in [1.29, 1.82) is 0 Å². The first kappa shape index (κ1) is 18.1. The molecular weight excluding hydrogens is 348 g/mol. The Kier molecular flexibility index (Phi) is 4.49. The Balaban J connectivity index is 1.50. The third-order valence-electron chi connectivity index (χ3n) is 5.59. The van der Waals surface area contributed by atoms with Gasteiger partial charge in [0.1, 0.15) is 11.6 Å². The van der Waals surface area contributed by atoms with Crippen LogP contribution in [0.3, 0.4) is 0 Å². The van der Waals surface area contributed by atoms with Crippen LogP contribution in [-0.2, 0) is 22.7 Å². The number of benzene rings is 1. The minimum Gasteiger partial charge on any atom is -0.386 e.